The summed E-state index contributed by atoms with van der Waals surface area (Å²) in [6.45, 7) is 11.8. The Hall–Kier alpha value is -1.51. The molecule has 2 N–H and O–H groups in total. The molecule has 1 amide bonds. The molecule has 25 heavy (non-hydrogen) atoms. The van der Waals surface area contributed by atoms with Gasteiger partial charge in [0.1, 0.15) is 6.10 Å². The summed E-state index contributed by atoms with van der Waals surface area (Å²) < 4.78 is 10.8. The number of nitrogens with two attached hydrogens (primary N) is 1. The van der Waals surface area contributed by atoms with E-state index in [0.29, 0.717) is 44.4 Å². The number of rotatable bonds is 8. The van der Waals surface area contributed by atoms with E-state index >= 15 is 0 Å². The zero-order valence-corrected chi connectivity index (χ0v) is 15.8. The van der Waals surface area contributed by atoms with E-state index < -0.39 is 5.54 Å². The summed E-state index contributed by atoms with van der Waals surface area (Å²) in [7, 11) is 0. The van der Waals surface area contributed by atoms with Gasteiger partial charge in [-0.15, -0.1) is 0 Å². The summed E-state index contributed by atoms with van der Waals surface area (Å²) >= 11 is 0. The molecule has 0 radical (unpaired) electrons. The van der Waals surface area contributed by atoms with E-state index in [4.69, 9.17) is 15.0 Å². The second kappa shape index (κ2) is 8.73. The quantitative estimate of drug-likeness (QED) is 0.753. The maximum Gasteiger partial charge on any atom is 0.242 e. The Labute approximate surface area is 149 Å². The summed E-state index contributed by atoms with van der Waals surface area (Å²) in [5, 5.41) is 3.98. The second-order valence-corrected chi connectivity index (χ2v) is 6.88. The van der Waals surface area contributed by atoms with Gasteiger partial charge in [0.25, 0.3) is 0 Å². The maximum absolute atomic E-state index is 12.5. The molecule has 1 aliphatic rings. The monoisotopic (exact) mass is 353 g/mol. The van der Waals surface area contributed by atoms with Crippen LogP contribution in [-0.4, -0.2) is 64.2 Å². The van der Waals surface area contributed by atoms with Crippen molar-refractivity contribution in [3.63, 3.8) is 0 Å². The molecule has 8 nitrogen and oxygen atoms in total. The standard InChI is InChI=1S/C17H31N5O3/c1-5-7-17(4,18)16(23)22-10-8-21(9-11-22)12-14-19-15(20-25-14)13(3)24-6-2/h13H,5-12,18H2,1-4H3. The number of nitrogens with zero attached hydrogens (tertiary/aromatic N) is 4. The summed E-state index contributed by atoms with van der Waals surface area (Å²) in [5.41, 5.74) is 5.40. The number of carbonyl (C=O) groups excluding carboxylic acids is 1. The summed E-state index contributed by atoms with van der Waals surface area (Å²) in [6.07, 6.45) is 1.44. The van der Waals surface area contributed by atoms with Gasteiger partial charge in [-0.2, -0.15) is 4.98 Å². The Bertz CT molecular complexity index is 552. The zero-order chi connectivity index (χ0) is 18.4. The fraction of sp³-hybridized carbons (Fsp3) is 0.824. The number of ether oxygens (including phenoxy) is 1. The SMILES string of the molecule is CCCC(C)(N)C(=O)N1CCN(Cc2nc(C(C)OCC)no2)CC1. The highest BCUT2D eigenvalue weighted by Gasteiger charge is 2.33. The highest BCUT2D eigenvalue weighted by Crippen LogP contribution is 2.17. The Morgan fingerprint density at radius 3 is 2.64 bits per heavy atom. The molecule has 1 aliphatic heterocycles. The molecule has 1 aromatic heterocycles. The van der Waals surface area contributed by atoms with E-state index in [1.807, 2.05) is 32.6 Å². The van der Waals surface area contributed by atoms with Crippen LogP contribution in [0.3, 0.4) is 0 Å². The Kier molecular flexibility index (Phi) is 6.92. The molecule has 2 heterocycles. The average Bonchev–Trinajstić information content (AvgIpc) is 3.04. The molecule has 142 valence electrons. The predicted octanol–water partition coefficient (Wildman–Crippen LogP) is 1.33. The van der Waals surface area contributed by atoms with Crippen LogP contribution < -0.4 is 5.73 Å². The molecule has 0 saturated carbocycles. The molecule has 2 rings (SSSR count). The normalized spacial score (nSPS) is 19.6. The Morgan fingerprint density at radius 2 is 2.04 bits per heavy atom. The number of piperazine rings is 1. The molecule has 0 spiro atoms. The minimum Gasteiger partial charge on any atom is -0.371 e. The van der Waals surface area contributed by atoms with Gasteiger partial charge in [0, 0.05) is 32.8 Å². The molecule has 8 heteroatoms. The Balaban J connectivity index is 1.83. The van der Waals surface area contributed by atoms with Crippen LogP contribution in [0.5, 0.6) is 0 Å². The van der Waals surface area contributed by atoms with Crippen molar-refractivity contribution >= 4 is 5.91 Å². The molecule has 0 bridgehead atoms. The predicted molar refractivity (Wildman–Crippen MR) is 93.7 cm³/mol. The van der Waals surface area contributed by atoms with Crippen molar-refractivity contribution in [2.24, 2.45) is 5.73 Å². The van der Waals surface area contributed by atoms with Crippen molar-refractivity contribution < 1.29 is 14.1 Å². The van der Waals surface area contributed by atoms with Crippen LogP contribution in [0, 0.1) is 0 Å². The lowest BCUT2D eigenvalue weighted by Gasteiger charge is -2.38. The number of hydrogen-bond donors (Lipinski definition) is 1. The second-order valence-electron chi connectivity index (χ2n) is 6.88. The summed E-state index contributed by atoms with van der Waals surface area (Å²) in [4.78, 5) is 21.0. The molecular formula is C17H31N5O3. The van der Waals surface area contributed by atoms with Crippen LogP contribution in [0.25, 0.3) is 0 Å². The first-order chi connectivity index (χ1) is 11.9. The smallest absolute Gasteiger partial charge is 0.242 e. The third kappa shape index (κ3) is 5.23. The van der Waals surface area contributed by atoms with Gasteiger partial charge in [-0.1, -0.05) is 18.5 Å². The van der Waals surface area contributed by atoms with Crippen molar-refractivity contribution in [3.05, 3.63) is 11.7 Å². The van der Waals surface area contributed by atoms with Crippen LogP contribution in [0.15, 0.2) is 4.52 Å². The first-order valence-corrected chi connectivity index (χ1v) is 9.12. The van der Waals surface area contributed by atoms with Gasteiger partial charge in [-0.05, 0) is 27.2 Å². The molecule has 2 atom stereocenters. The number of aromatic nitrogens is 2. The molecule has 1 fully saturated rings. The van der Waals surface area contributed by atoms with Crippen molar-refractivity contribution in [2.45, 2.75) is 58.7 Å². The topological polar surface area (TPSA) is 97.7 Å². The van der Waals surface area contributed by atoms with Crippen LogP contribution in [0.4, 0.5) is 0 Å². The first kappa shape index (κ1) is 19.8. The minimum atomic E-state index is -0.770. The Morgan fingerprint density at radius 1 is 1.36 bits per heavy atom. The van der Waals surface area contributed by atoms with E-state index in [9.17, 15) is 4.79 Å². The lowest BCUT2D eigenvalue weighted by atomic mass is 9.95. The molecule has 1 saturated heterocycles. The largest absolute Gasteiger partial charge is 0.371 e. The highest BCUT2D eigenvalue weighted by molar-refractivity contribution is 5.85. The zero-order valence-electron chi connectivity index (χ0n) is 15.8. The number of hydrogen-bond acceptors (Lipinski definition) is 7. The van der Waals surface area contributed by atoms with Crippen LogP contribution in [-0.2, 0) is 16.1 Å². The lowest BCUT2D eigenvalue weighted by molar-refractivity contribution is -0.138. The van der Waals surface area contributed by atoms with Crippen LogP contribution >= 0.6 is 0 Å². The van der Waals surface area contributed by atoms with Gasteiger partial charge in [-0.3, -0.25) is 9.69 Å². The van der Waals surface area contributed by atoms with E-state index in [-0.39, 0.29) is 12.0 Å². The van der Waals surface area contributed by atoms with E-state index in [1.54, 1.807) is 0 Å². The fourth-order valence-electron chi connectivity index (χ4n) is 3.11. The molecule has 1 aromatic rings. The fourth-order valence-corrected chi connectivity index (χ4v) is 3.11. The van der Waals surface area contributed by atoms with Gasteiger partial charge in [0.2, 0.25) is 11.8 Å². The minimum absolute atomic E-state index is 0.0413. The van der Waals surface area contributed by atoms with Crippen molar-refractivity contribution in [1.82, 2.24) is 19.9 Å². The average molecular weight is 353 g/mol. The van der Waals surface area contributed by atoms with Gasteiger partial charge >= 0.3 is 0 Å². The molecule has 2 unspecified atom stereocenters. The van der Waals surface area contributed by atoms with Gasteiger partial charge in [0.05, 0.1) is 12.1 Å². The number of amides is 1. The van der Waals surface area contributed by atoms with Crippen LogP contribution in [0.1, 0.15) is 58.4 Å². The van der Waals surface area contributed by atoms with Crippen LogP contribution in [0.2, 0.25) is 0 Å². The van der Waals surface area contributed by atoms with Gasteiger partial charge in [0.15, 0.2) is 5.82 Å². The molecule has 0 aromatic carbocycles. The third-order valence-electron chi connectivity index (χ3n) is 4.54. The van der Waals surface area contributed by atoms with Crippen molar-refractivity contribution in [2.75, 3.05) is 32.8 Å². The van der Waals surface area contributed by atoms with Crippen molar-refractivity contribution in [3.8, 4) is 0 Å². The van der Waals surface area contributed by atoms with Gasteiger partial charge < -0.3 is 19.9 Å². The number of carbonyl (C=O) groups is 1. The summed E-state index contributed by atoms with van der Waals surface area (Å²) in [6, 6.07) is 0. The van der Waals surface area contributed by atoms with Crippen molar-refractivity contribution in [1.29, 1.82) is 0 Å². The lowest BCUT2D eigenvalue weighted by Crippen LogP contribution is -2.58. The highest BCUT2D eigenvalue weighted by atomic mass is 16.5. The van der Waals surface area contributed by atoms with E-state index in [2.05, 4.69) is 15.0 Å². The summed E-state index contributed by atoms with van der Waals surface area (Å²) in [5.74, 6) is 1.19. The molecular weight excluding hydrogens is 322 g/mol. The van der Waals surface area contributed by atoms with Gasteiger partial charge in [-0.25, -0.2) is 0 Å². The van der Waals surface area contributed by atoms with E-state index in [1.165, 1.54) is 0 Å². The third-order valence-corrected chi connectivity index (χ3v) is 4.54. The first-order valence-electron chi connectivity index (χ1n) is 9.12. The van der Waals surface area contributed by atoms with E-state index in [0.717, 1.165) is 19.5 Å². The maximum atomic E-state index is 12.5. The molecule has 0 aliphatic carbocycles.